The molecule has 1 saturated heterocycles. The zero-order valence-corrected chi connectivity index (χ0v) is 14.5. The van der Waals surface area contributed by atoms with Crippen molar-refractivity contribution >= 4 is 11.9 Å². The van der Waals surface area contributed by atoms with Gasteiger partial charge in [0.2, 0.25) is 5.95 Å². The molecule has 1 fully saturated rings. The Kier molecular flexibility index (Phi) is 5.90. The van der Waals surface area contributed by atoms with E-state index in [1.54, 1.807) is 11.0 Å². The molecule has 0 spiro atoms. The summed E-state index contributed by atoms with van der Waals surface area (Å²) in [6.45, 7) is 1.64. The molecule has 0 atom stereocenters. The number of rotatable bonds is 4. The minimum absolute atomic E-state index is 0.136. The number of nitrogens with zero attached hydrogens (tertiary/aromatic N) is 3. The lowest BCUT2D eigenvalue weighted by molar-refractivity contribution is -0.137. The highest BCUT2D eigenvalue weighted by molar-refractivity contribution is 5.93. The number of hydrogen-bond acceptors (Lipinski definition) is 5. The average molecular weight is 380 g/mol. The SMILES string of the molecule is O=C(c1cnc(NCc2cccc(C(F)(F)F)c2)nc1)N1CCCCOC1. The number of carbonyl (C=O) groups excluding carboxylic acids is 1. The molecule has 0 bridgehead atoms. The summed E-state index contributed by atoms with van der Waals surface area (Å²) in [6.07, 6.45) is 0.205. The largest absolute Gasteiger partial charge is 0.416 e. The number of anilines is 1. The van der Waals surface area contributed by atoms with E-state index in [-0.39, 0.29) is 25.1 Å². The van der Waals surface area contributed by atoms with Crippen LogP contribution in [-0.4, -0.2) is 40.7 Å². The molecule has 2 heterocycles. The van der Waals surface area contributed by atoms with E-state index in [0.717, 1.165) is 25.0 Å². The van der Waals surface area contributed by atoms with Crippen LogP contribution in [0.15, 0.2) is 36.7 Å². The van der Waals surface area contributed by atoms with Crippen LogP contribution in [0.25, 0.3) is 0 Å². The van der Waals surface area contributed by atoms with Gasteiger partial charge in [-0.05, 0) is 30.5 Å². The number of nitrogens with one attached hydrogen (secondary N) is 1. The van der Waals surface area contributed by atoms with Crippen molar-refractivity contribution in [3.05, 3.63) is 53.3 Å². The number of benzene rings is 1. The van der Waals surface area contributed by atoms with Crippen LogP contribution in [0.3, 0.4) is 0 Å². The number of aromatic nitrogens is 2. The van der Waals surface area contributed by atoms with Gasteiger partial charge in [0.1, 0.15) is 6.73 Å². The number of halogens is 3. The van der Waals surface area contributed by atoms with Gasteiger partial charge in [-0.15, -0.1) is 0 Å². The summed E-state index contributed by atoms with van der Waals surface area (Å²) in [4.78, 5) is 22.2. The van der Waals surface area contributed by atoms with Crippen molar-refractivity contribution in [3.63, 3.8) is 0 Å². The van der Waals surface area contributed by atoms with Crippen molar-refractivity contribution < 1.29 is 22.7 Å². The first-order chi connectivity index (χ1) is 12.9. The molecule has 1 amide bonds. The highest BCUT2D eigenvalue weighted by Gasteiger charge is 2.30. The molecule has 3 rings (SSSR count). The zero-order valence-electron chi connectivity index (χ0n) is 14.5. The molecule has 0 saturated carbocycles. The van der Waals surface area contributed by atoms with Crippen molar-refractivity contribution in [2.75, 3.05) is 25.2 Å². The van der Waals surface area contributed by atoms with Gasteiger partial charge in [-0.25, -0.2) is 9.97 Å². The Morgan fingerprint density at radius 3 is 2.74 bits per heavy atom. The van der Waals surface area contributed by atoms with E-state index in [2.05, 4.69) is 15.3 Å². The fourth-order valence-electron chi connectivity index (χ4n) is 2.66. The van der Waals surface area contributed by atoms with E-state index in [4.69, 9.17) is 4.74 Å². The maximum atomic E-state index is 12.7. The number of ether oxygens (including phenoxy) is 1. The molecule has 144 valence electrons. The lowest BCUT2D eigenvalue weighted by Crippen LogP contribution is -2.32. The summed E-state index contributed by atoms with van der Waals surface area (Å²) in [5.41, 5.74) is 0.0868. The Bertz CT molecular complexity index is 773. The van der Waals surface area contributed by atoms with Crippen LogP contribution in [0.2, 0.25) is 0 Å². The van der Waals surface area contributed by atoms with Gasteiger partial charge < -0.3 is 15.0 Å². The summed E-state index contributed by atoms with van der Waals surface area (Å²) in [5.74, 6) is 0.0254. The maximum absolute atomic E-state index is 12.7. The molecule has 27 heavy (non-hydrogen) atoms. The smallest absolute Gasteiger partial charge is 0.361 e. The van der Waals surface area contributed by atoms with Crippen LogP contribution in [0.4, 0.5) is 19.1 Å². The minimum Gasteiger partial charge on any atom is -0.361 e. The zero-order chi connectivity index (χ0) is 19.3. The molecule has 9 heteroatoms. The van der Waals surface area contributed by atoms with E-state index >= 15 is 0 Å². The van der Waals surface area contributed by atoms with Crippen LogP contribution >= 0.6 is 0 Å². The molecule has 1 N–H and O–H groups in total. The number of amides is 1. The van der Waals surface area contributed by atoms with E-state index < -0.39 is 11.7 Å². The standard InChI is InChI=1S/C18H19F3N4O2/c19-18(20,21)15-5-3-4-13(8-15)9-22-17-23-10-14(11-24-17)16(26)25-6-1-2-7-27-12-25/h3-5,8,10-11H,1-2,6-7,9,12H2,(H,22,23,24). The first-order valence-corrected chi connectivity index (χ1v) is 8.52. The second kappa shape index (κ2) is 8.34. The molecule has 1 aromatic heterocycles. The summed E-state index contributed by atoms with van der Waals surface area (Å²) < 4.78 is 43.6. The normalized spacial score (nSPS) is 15.3. The number of carbonyl (C=O) groups is 1. The molecule has 1 aromatic carbocycles. The summed E-state index contributed by atoms with van der Waals surface area (Å²) in [7, 11) is 0. The molecular weight excluding hydrogens is 361 g/mol. The predicted molar refractivity (Wildman–Crippen MR) is 91.9 cm³/mol. The van der Waals surface area contributed by atoms with Gasteiger partial charge in [0.25, 0.3) is 5.91 Å². The Morgan fingerprint density at radius 1 is 1.22 bits per heavy atom. The lowest BCUT2D eigenvalue weighted by Gasteiger charge is -2.19. The Hall–Kier alpha value is -2.68. The monoisotopic (exact) mass is 380 g/mol. The maximum Gasteiger partial charge on any atom is 0.416 e. The van der Waals surface area contributed by atoms with E-state index in [1.807, 2.05) is 0 Å². The topological polar surface area (TPSA) is 67.4 Å². The molecule has 0 aliphatic carbocycles. The van der Waals surface area contributed by atoms with Gasteiger partial charge in [0.05, 0.1) is 11.1 Å². The van der Waals surface area contributed by atoms with Gasteiger partial charge in [0, 0.05) is 32.1 Å². The van der Waals surface area contributed by atoms with Crippen molar-refractivity contribution in [3.8, 4) is 0 Å². The highest BCUT2D eigenvalue weighted by Crippen LogP contribution is 2.29. The van der Waals surface area contributed by atoms with Gasteiger partial charge in [-0.3, -0.25) is 4.79 Å². The van der Waals surface area contributed by atoms with Crippen molar-refractivity contribution in [2.45, 2.75) is 25.6 Å². The molecule has 1 aliphatic heterocycles. The molecule has 1 aliphatic rings. The van der Waals surface area contributed by atoms with Crippen LogP contribution in [0.1, 0.15) is 34.3 Å². The quantitative estimate of drug-likeness (QED) is 0.881. The third-order valence-electron chi connectivity index (χ3n) is 4.10. The second-order valence-corrected chi connectivity index (χ2v) is 6.16. The number of alkyl halides is 3. The van der Waals surface area contributed by atoms with Gasteiger partial charge in [-0.1, -0.05) is 12.1 Å². The highest BCUT2D eigenvalue weighted by atomic mass is 19.4. The predicted octanol–water partition coefficient (Wildman–Crippen LogP) is 3.32. The fraction of sp³-hybridized carbons (Fsp3) is 0.389. The van der Waals surface area contributed by atoms with E-state index in [0.29, 0.717) is 24.3 Å². The second-order valence-electron chi connectivity index (χ2n) is 6.16. The first-order valence-electron chi connectivity index (χ1n) is 8.52. The average Bonchev–Trinajstić information content (AvgIpc) is 2.95. The summed E-state index contributed by atoms with van der Waals surface area (Å²) in [6, 6.07) is 5.03. The third-order valence-corrected chi connectivity index (χ3v) is 4.10. The van der Waals surface area contributed by atoms with E-state index in [1.165, 1.54) is 18.5 Å². The van der Waals surface area contributed by atoms with Crippen molar-refractivity contribution in [1.82, 2.24) is 14.9 Å². The van der Waals surface area contributed by atoms with Crippen LogP contribution in [0.5, 0.6) is 0 Å². The molecule has 6 nitrogen and oxygen atoms in total. The Labute approximate surface area is 154 Å². The van der Waals surface area contributed by atoms with Crippen LogP contribution < -0.4 is 5.32 Å². The minimum atomic E-state index is -4.38. The van der Waals surface area contributed by atoms with Gasteiger partial charge in [0.15, 0.2) is 0 Å². The van der Waals surface area contributed by atoms with E-state index in [9.17, 15) is 18.0 Å². The van der Waals surface area contributed by atoms with Gasteiger partial charge >= 0.3 is 6.18 Å². The van der Waals surface area contributed by atoms with Crippen LogP contribution in [0, 0.1) is 0 Å². The molecule has 2 aromatic rings. The third kappa shape index (κ3) is 5.16. The molecule has 0 radical (unpaired) electrons. The molecular formula is C18H19F3N4O2. The van der Waals surface area contributed by atoms with Crippen LogP contribution in [-0.2, 0) is 17.5 Å². The summed E-state index contributed by atoms with van der Waals surface area (Å²) >= 11 is 0. The lowest BCUT2D eigenvalue weighted by atomic mass is 10.1. The molecule has 0 unspecified atom stereocenters. The fourth-order valence-corrected chi connectivity index (χ4v) is 2.66. The summed E-state index contributed by atoms with van der Waals surface area (Å²) in [5, 5.41) is 2.86. The Morgan fingerprint density at radius 2 is 2.00 bits per heavy atom. The van der Waals surface area contributed by atoms with Crippen molar-refractivity contribution in [1.29, 1.82) is 0 Å². The Balaban J connectivity index is 1.60. The van der Waals surface area contributed by atoms with Gasteiger partial charge in [-0.2, -0.15) is 13.2 Å². The van der Waals surface area contributed by atoms with Crippen molar-refractivity contribution in [2.24, 2.45) is 0 Å². The first kappa shape index (κ1) is 19.1. The number of hydrogen-bond donors (Lipinski definition) is 1.